The van der Waals surface area contributed by atoms with Gasteiger partial charge in [-0.15, -0.1) is 0 Å². The van der Waals surface area contributed by atoms with Gasteiger partial charge in [-0.2, -0.15) is 0 Å². The zero-order valence-corrected chi connectivity index (χ0v) is 9.43. The van der Waals surface area contributed by atoms with Gasteiger partial charge < -0.3 is 4.52 Å². The van der Waals surface area contributed by atoms with Crippen LogP contribution in [-0.4, -0.2) is 12.3 Å². The van der Waals surface area contributed by atoms with Crippen LogP contribution in [0.3, 0.4) is 0 Å². The van der Waals surface area contributed by atoms with Crippen molar-refractivity contribution >= 4 is 8.03 Å². The molecule has 74 valence electrons. The third-order valence-corrected chi connectivity index (χ3v) is 3.76. The van der Waals surface area contributed by atoms with E-state index in [9.17, 15) is 4.57 Å². The Bertz CT molecular complexity index is 126. The Hall–Kier alpha value is 0.190. The van der Waals surface area contributed by atoms with Gasteiger partial charge in [0.15, 0.2) is 8.03 Å². The molecule has 0 bridgehead atoms. The molecule has 0 aliphatic rings. The van der Waals surface area contributed by atoms with Gasteiger partial charge in [0.1, 0.15) is 0 Å². The molecule has 0 radical (unpaired) electrons. The lowest BCUT2D eigenvalue weighted by Gasteiger charge is -2.13. The minimum atomic E-state index is -1.75. The van der Waals surface area contributed by atoms with E-state index in [1.54, 1.807) is 0 Å². The van der Waals surface area contributed by atoms with Crippen LogP contribution in [0.2, 0.25) is 0 Å². The maximum absolute atomic E-state index is 11.5. The molecule has 0 aliphatic heterocycles. The molecule has 0 N–H and O–H groups in total. The van der Waals surface area contributed by atoms with Crippen LogP contribution < -0.4 is 0 Å². The molecule has 0 saturated carbocycles. The quantitative estimate of drug-likeness (QED) is 0.577. The van der Waals surface area contributed by atoms with Gasteiger partial charge in [0.2, 0.25) is 0 Å². The lowest BCUT2D eigenvalue weighted by Crippen LogP contribution is -2.01. The molecule has 2 unspecified atom stereocenters. The second-order valence-electron chi connectivity index (χ2n) is 3.06. The molecule has 12 heavy (non-hydrogen) atoms. The summed E-state index contributed by atoms with van der Waals surface area (Å²) in [5.41, 5.74) is 0.312. The fourth-order valence-corrected chi connectivity index (χ4v) is 2.66. The lowest BCUT2D eigenvalue weighted by molar-refractivity contribution is 0.320. The molecule has 2 nitrogen and oxygen atoms in total. The van der Waals surface area contributed by atoms with E-state index < -0.39 is 8.03 Å². The van der Waals surface area contributed by atoms with E-state index in [2.05, 4.69) is 13.8 Å². The Morgan fingerprint density at radius 2 is 1.92 bits per heavy atom. The Morgan fingerprint density at radius 1 is 1.25 bits per heavy atom. The van der Waals surface area contributed by atoms with Crippen molar-refractivity contribution in [2.75, 3.05) is 6.61 Å². The van der Waals surface area contributed by atoms with Crippen LogP contribution in [0.5, 0.6) is 0 Å². The first-order valence-electron chi connectivity index (χ1n) is 4.92. The van der Waals surface area contributed by atoms with Crippen LogP contribution in [0, 0.1) is 0 Å². The first-order chi connectivity index (χ1) is 5.76. The summed E-state index contributed by atoms with van der Waals surface area (Å²) in [5, 5.41) is 0. The summed E-state index contributed by atoms with van der Waals surface area (Å²) in [6, 6.07) is 0. The SMILES string of the molecule is CCCO[PH](=O)C(CC)CCC. The summed E-state index contributed by atoms with van der Waals surface area (Å²) in [5.74, 6) is 0. The number of hydrogen-bond donors (Lipinski definition) is 0. The van der Waals surface area contributed by atoms with Crippen molar-refractivity contribution in [3.05, 3.63) is 0 Å². The summed E-state index contributed by atoms with van der Waals surface area (Å²) in [7, 11) is -1.75. The van der Waals surface area contributed by atoms with Gasteiger partial charge in [0.05, 0.1) is 6.61 Å². The third-order valence-electron chi connectivity index (χ3n) is 1.91. The summed E-state index contributed by atoms with van der Waals surface area (Å²) < 4.78 is 16.7. The smallest absolute Gasteiger partial charge is 0.194 e. The molecule has 0 spiro atoms. The van der Waals surface area contributed by atoms with Crippen LogP contribution >= 0.6 is 8.03 Å². The zero-order chi connectivity index (χ0) is 9.40. The van der Waals surface area contributed by atoms with E-state index in [4.69, 9.17) is 4.52 Å². The molecule has 0 heterocycles. The molecule has 0 aromatic heterocycles. The van der Waals surface area contributed by atoms with Crippen LogP contribution in [0.4, 0.5) is 0 Å². The maximum atomic E-state index is 11.5. The molecule has 0 amide bonds. The van der Waals surface area contributed by atoms with Crippen molar-refractivity contribution in [2.45, 2.75) is 52.1 Å². The molecule has 0 rings (SSSR count). The van der Waals surface area contributed by atoms with E-state index in [1.807, 2.05) is 6.92 Å². The Balaban J connectivity index is 3.69. The lowest BCUT2D eigenvalue weighted by atomic mass is 10.2. The van der Waals surface area contributed by atoms with E-state index >= 15 is 0 Å². The van der Waals surface area contributed by atoms with Gasteiger partial charge in [0.25, 0.3) is 0 Å². The second kappa shape index (κ2) is 7.82. The third kappa shape index (κ3) is 4.95. The first-order valence-corrected chi connectivity index (χ1v) is 6.32. The summed E-state index contributed by atoms with van der Waals surface area (Å²) in [4.78, 5) is 0. The van der Waals surface area contributed by atoms with Crippen LogP contribution in [-0.2, 0) is 9.09 Å². The average molecular weight is 192 g/mol. The van der Waals surface area contributed by atoms with Crippen molar-refractivity contribution in [2.24, 2.45) is 0 Å². The highest BCUT2D eigenvalue weighted by atomic mass is 31.1. The monoisotopic (exact) mass is 192 g/mol. The number of rotatable bonds is 7. The van der Waals surface area contributed by atoms with Crippen molar-refractivity contribution < 1.29 is 9.09 Å². The molecule has 3 heteroatoms. The highest BCUT2D eigenvalue weighted by Crippen LogP contribution is 2.34. The Kier molecular flexibility index (Phi) is 7.94. The highest BCUT2D eigenvalue weighted by Gasteiger charge is 2.12. The summed E-state index contributed by atoms with van der Waals surface area (Å²) in [6.45, 7) is 6.89. The molecule has 0 aliphatic carbocycles. The largest absolute Gasteiger partial charge is 0.330 e. The molecule has 2 atom stereocenters. The molecule has 0 fully saturated rings. The maximum Gasteiger partial charge on any atom is 0.194 e. The average Bonchev–Trinajstić information content (AvgIpc) is 2.10. The standard InChI is InChI=1S/C9H21O2P/c1-4-7-9(6-3)12(10)11-8-5-2/h9,12H,4-8H2,1-3H3. The predicted octanol–water partition coefficient (Wildman–Crippen LogP) is 3.47. The van der Waals surface area contributed by atoms with Crippen molar-refractivity contribution in [1.29, 1.82) is 0 Å². The molecular formula is C9H21O2P. The Morgan fingerprint density at radius 3 is 2.33 bits per heavy atom. The highest BCUT2D eigenvalue weighted by molar-refractivity contribution is 7.40. The number of hydrogen-bond acceptors (Lipinski definition) is 2. The molecule has 0 saturated heterocycles. The molecular weight excluding hydrogens is 171 g/mol. The predicted molar refractivity (Wildman–Crippen MR) is 54.2 cm³/mol. The van der Waals surface area contributed by atoms with Gasteiger partial charge in [-0.1, -0.05) is 27.2 Å². The van der Waals surface area contributed by atoms with E-state index in [-0.39, 0.29) is 0 Å². The van der Waals surface area contributed by atoms with Gasteiger partial charge in [-0.25, -0.2) is 0 Å². The van der Waals surface area contributed by atoms with Gasteiger partial charge in [-0.05, 0) is 19.3 Å². The second-order valence-corrected chi connectivity index (χ2v) is 4.80. The van der Waals surface area contributed by atoms with Gasteiger partial charge in [0, 0.05) is 5.66 Å². The minimum absolute atomic E-state index is 0.312. The van der Waals surface area contributed by atoms with E-state index in [0.717, 1.165) is 25.7 Å². The fourth-order valence-electron chi connectivity index (χ4n) is 1.16. The van der Waals surface area contributed by atoms with E-state index in [1.165, 1.54) is 0 Å². The van der Waals surface area contributed by atoms with Crippen molar-refractivity contribution in [3.8, 4) is 0 Å². The van der Waals surface area contributed by atoms with Gasteiger partial charge in [-0.3, -0.25) is 4.57 Å². The van der Waals surface area contributed by atoms with E-state index in [0.29, 0.717) is 12.3 Å². The van der Waals surface area contributed by atoms with Crippen LogP contribution in [0.1, 0.15) is 46.5 Å². The van der Waals surface area contributed by atoms with Crippen LogP contribution in [0.25, 0.3) is 0 Å². The summed E-state index contributed by atoms with van der Waals surface area (Å²) >= 11 is 0. The molecule has 0 aromatic rings. The fraction of sp³-hybridized carbons (Fsp3) is 1.00. The zero-order valence-electron chi connectivity index (χ0n) is 8.43. The molecule has 0 aromatic carbocycles. The van der Waals surface area contributed by atoms with Gasteiger partial charge >= 0.3 is 0 Å². The summed E-state index contributed by atoms with van der Waals surface area (Å²) in [6.07, 6.45) is 4.08. The normalized spacial score (nSPS) is 15.9. The van der Waals surface area contributed by atoms with Crippen LogP contribution in [0.15, 0.2) is 0 Å². The first kappa shape index (κ1) is 12.2. The van der Waals surface area contributed by atoms with Crippen molar-refractivity contribution in [3.63, 3.8) is 0 Å². The van der Waals surface area contributed by atoms with Crippen molar-refractivity contribution in [1.82, 2.24) is 0 Å². The Labute approximate surface area is 76.6 Å². The minimum Gasteiger partial charge on any atom is -0.330 e. The topological polar surface area (TPSA) is 26.3 Å².